The third-order valence-corrected chi connectivity index (χ3v) is 3.24. The van der Waals surface area contributed by atoms with Crippen molar-refractivity contribution in [1.29, 1.82) is 0 Å². The van der Waals surface area contributed by atoms with Gasteiger partial charge in [-0.2, -0.15) is 0 Å². The molecule has 1 fully saturated rings. The molecule has 1 aliphatic rings. The zero-order chi connectivity index (χ0) is 10.0. The minimum atomic E-state index is -0.392. The number of rotatable bonds is 2. The summed E-state index contributed by atoms with van der Waals surface area (Å²) in [5.41, 5.74) is 0. The fourth-order valence-corrected chi connectivity index (χ4v) is 2.26. The van der Waals surface area contributed by atoms with Gasteiger partial charge in [-0.3, -0.25) is 0 Å². The lowest BCUT2D eigenvalue weighted by Crippen LogP contribution is -2.52. The Balaban J connectivity index is 2.58. The largest absolute Gasteiger partial charge is 0.437 e. The van der Waals surface area contributed by atoms with Gasteiger partial charge in [-0.1, -0.05) is 13.8 Å². The van der Waals surface area contributed by atoms with Crippen molar-refractivity contribution >= 4 is 7.05 Å². The van der Waals surface area contributed by atoms with Gasteiger partial charge in [0.05, 0.1) is 0 Å². The smallest absolute Gasteiger partial charge is 0.376 e. The summed E-state index contributed by atoms with van der Waals surface area (Å²) in [5, 5.41) is 18.6. The molecule has 0 radical (unpaired) electrons. The van der Waals surface area contributed by atoms with Crippen LogP contribution in [0.2, 0.25) is 6.82 Å². The van der Waals surface area contributed by atoms with Gasteiger partial charge in [-0.15, -0.1) is 0 Å². The Morgan fingerprint density at radius 2 is 2.08 bits per heavy atom. The summed E-state index contributed by atoms with van der Waals surface area (Å²) < 4.78 is 0. The Bertz CT molecular complexity index is 166. The molecular weight excluding hydrogens is 165 g/mol. The van der Waals surface area contributed by atoms with Crippen molar-refractivity contribution in [2.45, 2.75) is 33.1 Å². The van der Waals surface area contributed by atoms with E-state index in [1.54, 1.807) is 6.82 Å². The first-order valence-corrected chi connectivity index (χ1v) is 5.11. The third kappa shape index (κ3) is 2.45. The van der Waals surface area contributed by atoms with Gasteiger partial charge in [-0.05, 0) is 37.7 Å². The van der Waals surface area contributed by atoms with Crippen molar-refractivity contribution in [2.75, 3.05) is 13.2 Å². The van der Waals surface area contributed by atoms with Gasteiger partial charge in [0.25, 0.3) is 0 Å². The first-order chi connectivity index (χ1) is 6.06. The van der Waals surface area contributed by atoms with Gasteiger partial charge in [-0.25, -0.2) is 0 Å². The van der Waals surface area contributed by atoms with Gasteiger partial charge in [0.15, 0.2) is 0 Å². The van der Waals surface area contributed by atoms with Crippen molar-refractivity contribution in [1.82, 2.24) is 4.81 Å². The fraction of sp³-hybridized carbons (Fsp3) is 1.00. The molecule has 1 saturated heterocycles. The van der Waals surface area contributed by atoms with E-state index in [0.29, 0.717) is 17.9 Å². The second kappa shape index (κ2) is 4.44. The minimum absolute atomic E-state index is 0.233. The molecule has 0 aromatic rings. The standard InChI is InChI=1S/C9H20BNO2/c1-7-4-8(2)11(10(3)13)5-9(7)6-12/h7-9,12-13H,4-6H2,1-3H3/t7?,8-,9+/m0/s1. The quantitative estimate of drug-likeness (QED) is 0.613. The van der Waals surface area contributed by atoms with Crippen molar-refractivity contribution in [3.8, 4) is 0 Å². The van der Waals surface area contributed by atoms with E-state index < -0.39 is 7.05 Å². The van der Waals surface area contributed by atoms with Crippen LogP contribution in [0.5, 0.6) is 0 Å². The molecule has 0 saturated carbocycles. The highest BCUT2D eigenvalue weighted by atomic mass is 16.3. The Morgan fingerprint density at radius 3 is 2.54 bits per heavy atom. The van der Waals surface area contributed by atoms with Crippen LogP contribution >= 0.6 is 0 Å². The van der Waals surface area contributed by atoms with Crippen molar-refractivity contribution < 1.29 is 10.1 Å². The van der Waals surface area contributed by atoms with Gasteiger partial charge in [0, 0.05) is 6.61 Å². The van der Waals surface area contributed by atoms with E-state index in [1.165, 1.54) is 0 Å². The Morgan fingerprint density at radius 1 is 1.46 bits per heavy atom. The topological polar surface area (TPSA) is 43.7 Å². The lowest BCUT2D eigenvalue weighted by Gasteiger charge is -2.41. The number of hydrogen-bond donors (Lipinski definition) is 2. The van der Waals surface area contributed by atoms with Crippen LogP contribution in [0, 0.1) is 11.8 Å². The molecule has 3 atom stereocenters. The summed E-state index contributed by atoms with van der Waals surface area (Å²) in [4.78, 5) is 2.06. The normalized spacial score (nSPS) is 36.2. The van der Waals surface area contributed by atoms with Crippen LogP contribution in [0.4, 0.5) is 0 Å². The summed E-state index contributed by atoms with van der Waals surface area (Å²) in [5.74, 6) is 0.890. The molecule has 0 aliphatic carbocycles. The first kappa shape index (κ1) is 11.0. The van der Waals surface area contributed by atoms with Gasteiger partial charge >= 0.3 is 7.05 Å². The monoisotopic (exact) mass is 185 g/mol. The summed E-state index contributed by atoms with van der Waals surface area (Å²) in [6.07, 6.45) is 1.07. The van der Waals surface area contributed by atoms with Crippen LogP contribution in [-0.4, -0.2) is 41.2 Å². The summed E-state index contributed by atoms with van der Waals surface area (Å²) >= 11 is 0. The molecule has 0 bridgehead atoms. The zero-order valence-electron chi connectivity index (χ0n) is 8.77. The van der Waals surface area contributed by atoms with E-state index in [2.05, 4.69) is 18.7 Å². The van der Waals surface area contributed by atoms with E-state index >= 15 is 0 Å². The predicted octanol–water partition coefficient (Wildman–Crippen LogP) is 0.435. The van der Waals surface area contributed by atoms with Crippen LogP contribution in [0.1, 0.15) is 20.3 Å². The van der Waals surface area contributed by atoms with E-state index in [-0.39, 0.29) is 6.61 Å². The first-order valence-electron chi connectivity index (χ1n) is 5.11. The molecule has 1 heterocycles. The lowest BCUT2D eigenvalue weighted by atomic mass is 9.74. The predicted molar refractivity (Wildman–Crippen MR) is 54.4 cm³/mol. The number of aliphatic hydroxyl groups is 1. The molecule has 13 heavy (non-hydrogen) atoms. The molecule has 1 unspecified atom stereocenters. The Labute approximate surface area is 80.9 Å². The third-order valence-electron chi connectivity index (χ3n) is 3.24. The van der Waals surface area contributed by atoms with Gasteiger partial charge in [0.2, 0.25) is 0 Å². The van der Waals surface area contributed by atoms with Crippen LogP contribution in [0.3, 0.4) is 0 Å². The Kier molecular flexibility index (Phi) is 3.77. The summed E-state index contributed by atoms with van der Waals surface area (Å²) in [7, 11) is -0.392. The number of nitrogens with zero attached hydrogens (tertiary/aromatic N) is 1. The zero-order valence-corrected chi connectivity index (χ0v) is 8.77. The molecule has 0 aromatic heterocycles. The van der Waals surface area contributed by atoms with Crippen LogP contribution in [0.15, 0.2) is 0 Å². The van der Waals surface area contributed by atoms with Crippen molar-refractivity contribution in [3.05, 3.63) is 0 Å². The van der Waals surface area contributed by atoms with E-state index in [9.17, 15) is 5.02 Å². The maximum atomic E-state index is 9.49. The summed E-state index contributed by atoms with van der Waals surface area (Å²) in [6.45, 7) is 7.15. The maximum absolute atomic E-state index is 9.49. The number of hydrogen-bond acceptors (Lipinski definition) is 3. The Hall–Kier alpha value is -0.0551. The van der Waals surface area contributed by atoms with Gasteiger partial charge < -0.3 is 14.9 Å². The van der Waals surface area contributed by atoms with Crippen LogP contribution < -0.4 is 0 Å². The lowest BCUT2D eigenvalue weighted by molar-refractivity contribution is 0.0835. The van der Waals surface area contributed by atoms with Gasteiger partial charge in [0.1, 0.15) is 0 Å². The highest BCUT2D eigenvalue weighted by Gasteiger charge is 2.33. The summed E-state index contributed by atoms with van der Waals surface area (Å²) in [6, 6.07) is 0.429. The highest BCUT2D eigenvalue weighted by Crippen LogP contribution is 2.27. The second-order valence-electron chi connectivity index (χ2n) is 4.33. The van der Waals surface area contributed by atoms with Crippen LogP contribution in [0.25, 0.3) is 0 Å². The van der Waals surface area contributed by atoms with Crippen molar-refractivity contribution in [2.24, 2.45) is 11.8 Å². The molecule has 0 spiro atoms. The van der Waals surface area contributed by atoms with Crippen LogP contribution in [-0.2, 0) is 0 Å². The van der Waals surface area contributed by atoms with Crippen molar-refractivity contribution in [3.63, 3.8) is 0 Å². The molecule has 1 aliphatic heterocycles. The van der Waals surface area contributed by atoms with E-state index in [1.807, 2.05) is 0 Å². The molecule has 1 rings (SSSR count). The molecule has 4 heteroatoms. The average Bonchev–Trinajstić information content (AvgIpc) is 2.03. The molecule has 2 N–H and O–H groups in total. The highest BCUT2D eigenvalue weighted by molar-refractivity contribution is 6.45. The molecule has 3 nitrogen and oxygen atoms in total. The number of piperidine rings is 1. The molecule has 76 valence electrons. The molecular formula is C9H20BNO2. The number of aliphatic hydroxyl groups excluding tert-OH is 1. The van der Waals surface area contributed by atoms with E-state index in [4.69, 9.17) is 5.11 Å². The molecule has 0 amide bonds. The molecule has 0 aromatic carbocycles. The van der Waals surface area contributed by atoms with E-state index in [0.717, 1.165) is 13.0 Å². The minimum Gasteiger partial charge on any atom is -0.437 e. The fourth-order valence-electron chi connectivity index (χ4n) is 2.26. The SMILES string of the molecule is CB(O)N1C[C@H](CO)C(C)C[C@@H]1C. The second-order valence-corrected chi connectivity index (χ2v) is 4.33. The maximum Gasteiger partial charge on any atom is 0.376 e. The average molecular weight is 185 g/mol.